The SMILES string of the molecule is CCCNC(C)c1ccccc1SCc1ccc(Cl)cc1. The Labute approximate surface area is 137 Å². The summed E-state index contributed by atoms with van der Waals surface area (Å²) in [5.74, 6) is 0.967. The normalized spacial score (nSPS) is 12.3. The first kappa shape index (κ1) is 16.4. The highest BCUT2D eigenvalue weighted by Gasteiger charge is 2.09. The number of rotatable bonds is 7. The Balaban J connectivity index is 2.04. The van der Waals surface area contributed by atoms with Crippen LogP contribution in [0.2, 0.25) is 5.02 Å². The molecule has 0 saturated heterocycles. The summed E-state index contributed by atoms with van der Waals surface area (Å²) in [5, 5.41) is 4.36. The topological polar surface area (TPSA) is 12.0 Å². The van der Waals surface area contributed by atoms with Gasteiger partial charge in [0.05, 0.1) is 0 Å². The van der Waals surface area contributed by atoms with E-state index in [9.17, 15) is 0 Å². The van der Waals surface area contributed by atoms with Gasteiger partial charge in [0.1, 0.15) is 0 Å². The van der Waals surface area contributed by atoms with Crippen molar-refractivity contribution in [1.82, 2.24) is 5.32 Å². The fourth-order valence-corrected chi connectivity index (χ4v) is 3.41. The number of halogens is 1. The molecule has 0 aromatic heterocycles. The van der Waals surface area contributed by atoms with E-state index in [4.69, 9.17) is 11.6 Å². The van der Waals surface area contributed by atoms with Crippen molar-refractivity contribution in [3.05, 3.63) is 64.7 Å². The zero-order valence-corrected chi connectivity index (χ0v) is 14.2. The summed E-state index contributed by atoms with van der Waals surface area (Å²) in [6, 6.07) is 17.1. The van der Waals surface area contributed by atoms with Crippen LogP contribution in [-0.2, 0) is 5.75 Å². The summed E-state index contributed by atoms with van der Waals surface area (Å²) in [4.78, 5) is 1.35. The van der Waals surface area contributed by atoms with Crippen molar-refractivity contribution in [1.29, 1.82) is 0 Å². The number of thioether (sulfide) groups is 1. The molecule has 0 fully saturated rings. The molecule has 1 N–H and O–H groups in total. The zero-order chi connectivity index (χ0) is 15.1. The highest BCUT2D eigenvalue weighted by molar-refractivity contribution is 7.98. The number of benzene rings is 2. The van der Waals surface area contributed by atoms with E-state index in [2.05, 4.69) is 55.6 Å². The van der Waals surface area contributed by atoms with Crippen LogP contribution in [0.1, 0.15) is 37.4 Å². The van der Waals surface area contributed by atoms with Gasteiger partial charge in [-0.15, -0.1) is 11.8 Å². The van der Waals surface area contributed by atoms with Crippen LogP contribution in [-0.4, -0.2) is 6.54 Å². The Hall–Kier alpha value is -0.960. The monoisotopic (exact) mass is 319 g/mol. The van der Waals surface area contributed by atoms with Gasteiger partial charge in [-0.05, 0) is 49.2 Å². The van der Waals surface area contributed by atoms with Crippen molar-refractivity contribution in [2.24, 2.45) is 0 Å². The maximum absolute atomic E-state index is 5.93. The average Bonchev–Trinajstić information content (AvgIpc) is 2.52. The molecule has 1 atom stereocenters. The number of hydrogen-bond donors (Lipinski definition) is 1. The Morgan fingerprint density at radius 1 is 1.10 bits per heavy atom. The summed E-state index contributed by atoms with van der Waals surface area (Å²) < 4.78 is 0. The summed E-state index contributed by atoms with van der Waals surface area (Å²) in [7, 11) is 0. The molecule has 0 radical (unpaired) electrons. The maximum Gasteiger partial charge on any atom is 0.0406 e. The minimum atomic E-state index is 0.388. The molecule has 2 aromatic rings. The predicted octanol–water partition coefficient (Wildman–Crippen LogP) is 5.69. The highest BCUT2D eigenvalue weighted by atomic mass is 35.5. The summed E-state index contributed by atoms with van der Waals surface area (Å²) in [6.45, 7) is 5.48. The molecule has 2 aromatic carbocycles. The lowest BCUT2D eigenvalue weighted by atomic mass is 10.1. The first-order chi connectivity index (χ1) is 10.2. The lowest BCUT2D eigenvalue weighted by Crippen LogP contribution is -2.19. The van der Waals surface area contributed by atoms with E-state index in [1.54, 1.807) is 0 Å². The van der Waals surface area contributed by atoms with Crippen molar-refractivity contribution in [2.75, 3.05) is 6.54 Å². The average molecular weight is 320 g/mol. The summed E-state index contributed by atoms with van der Waals surface area (Å²) in [6.07, 6.45) is 1.16. The van der Waals surface area contributed by atoms with Crippen LogP contribution in [0.5, 0.6) is 0 Å². The van der Waals surface area contributed by atoms with Gasteiger partial charge in [0, 0.05) is 21.7 Å². The first-order valence-electron chi connectivity index (χ1n) is 7.40. The smallest absolute Gasteiger partial charge is 0.0406 e. The van der Waals surface area contributed by atoms with Gasteiger partial charge in [-0.25, -0.2) is 0 Å². The van der Waals surface area contributed by atoms with Crippen LogP contribution < -0.4 is 5.32 Å². The number of hydrogen-bond acceptors (Lipinski definition) is 2. The molecule has 1 unspecified atom stereocenters. The second-order valence-electron chi connectivity index (χ2n) is 5.13. The van der Waals surface area contributed by atoms with Crippen molar-refractivity contribution < 1.29 is 0 Å². The Bertz CT molecular complexity index is 553. The fourth-order valence-electron chi connectivity index (χ4n) is 2.18. The Kier molecular flexibility index (Phi) is 6.62. The van der Waals surface area contributed by atoms with Crippen molar-refractivity contribution >= 4 is 23.4 Å². The molecule has 0 saturated carbocycles. The minimum Gasteiger partial charge on any atom is -0.310 e. The summed E-state index contributed by atoms with van der Waals surface area (Å²) in [5.41, 5.74) is 2.68. The molecule has 21 heavy (non-hydrogen) atoms. The second kappa shape index (κ2) is 8.47. The van der Waals surface area contributed by atoms with Crippen molar-refractivity contribution in [3.63, 3.8) is 0 Å². The van der Waals surface area contributed by atoms with E-state index in [-0.39, 0.29) is 0 Å². The largest absolute Gasteiger partial charge is 0.310 e. The van der Waals surface area contributed by atoms with Crippen LogP contribution in [0, 0.1) is 0 Å². The lowest BCUT2D eigenvalue weighted by Gasteiger charge is -2.17. The number of nitrogens with one attached hydrogen (secondary N) is 1. The molecule has 112 valence electrons. The highest BCUT2D eigenvalue weighted by Crippen LogP contribution is 2.30. The third-order valence-corrected chi connectivity index (χ3v) is 4.81. The van der Waals surface area contributed by atoms with Crippen LogP contribution in [0.15, 0.2) is 53.4 Å². The summed E-state index contributed by atoms with van der Waals surface area (Å²) >= 11 is 7.81. The van der Waals surface area contributed by atoms with Crippen molar-refractivity contribution in [3.8, 4) is 0 Å². The molecule has 3 heteroatoms. The quantitative estimate of drug-likeness (QED) is 0.658. The molecular weight excluding hydrogens is 298 g/mol. The third kappa shape index (κ3) is 5.06. The van der Waals surface area contributed by atoms with Gasteiger partial charge in [-0.2, -0.15) is 0 Å². The third-order valence-electron chi connectivity index (χ3n) is 3.39. The molecule has 0 aliphatic carbocycles. The molecular formula is C18H22ClNS. The van der Waals surface area contributed by atoms with E-state index in [1.165, 1.54) is 16.0 Å². The van der Waals surface area contributed by atoms with Crippen LogP contribution >= 0.6 is 23.4 Å². The molecule has 0 aliphatic rings. The van der Waals surface area contributed by atoms with E-state index in [0.717, 1.165) is 23.7 Å². The molecule has 0 bridgehead atoms. The van der Waals surface area contributed by atoms with Crippen LogP contribution in [0.4, 0.5) is 0 Å². The molecule has 0 aliphatic heterocycles. The van der Waals surface area contributed by atoms with Gasteiger partial charge in [0.2, 0.25) is 0 Å². The van der Waals surface area contributed by atoms with Gasteiger partial charge in [0.15, 0.2) is 0 Å². The molecule has 1 nitrogen and oxygen atoms in total. The van der Waals surface area contributed by atoms with Crippen LogP contribution in [0.3, 0.4) is 0 Å². The standard InChI is InChI=1S/C18H22ClNS/c1-3-12-20-14(2)17-6-4-5-7-18(17)21-13-15-8-10-16(19)11-9-15/h4-11,14,20H,3,12-13H2,1-2H3. The maximum atomic E-state index is 5.93. The van der Waals surface area contributed by atoms with Crippen molar-refractivity contribution in [2.45, 2.75) is 37.0 Å². The minimum absolute atomic E-state index is 0.388. The van der Waals surface area contributed by atoms with Crippen LogP contribution in [0.25, 0.3) is 0 Å². The predicted molar refractivity (Wildman–Crippen MR) is 94.2 cm³/mol. The van der Waals surface area contributed by atoms with E-state index >= 15 is 0 Å². The van der Waals surface area contributed by atoms with Gasteiger partial charge < -0.3 is 5.32 Å². The van der Waals surface area contributed by atoms with Gasteiger partial charge in [-0.1, -0.05) is 48.9 Å². The second-order valence-corrected chi connectivity index (χ2v) is 6.58. The van der Waals surface area contributed by atoms with E-state index in [1.807, 2.05) is 23.9 Å². The van der Waals surface area contributed by atoms with Gasteiger partial charge in [-0.3, -0.25) is 0 Å². The van der Waals surface area contributed by atoms with E-state index in [0.29, 0.717) is 6.04 Å². The Morgan fingerprint density at radius 3 is 2.52 bits per heavy atom. The Morgan fingerprint density at radius 2 is 1.81 bits per heavy atom. The molecule has 2 rings (SSSR count). The van der Waals surface area contributed by atoms with Gasteiger partial charge >= 0.3 is 0 Å². The van der Waals surface area contributed by atoms with E-state index < -0.39 is 0 Å². The molecule has 0 spiro atoms. The molecule has 0 amide bonds. The lowest BCUT2D eigenvalue weighted by molar-refractivity contribution is 0.564. The van der Waals surface area contributed by atoms with Gasteiger partial charge in [0.25, 0.3) is 0 Å². The first-order valence-corrected chi connectivity index (χ1v) is 8.76. The molecule has 0 heterocycles. The fraction of sp³-hybridized carbons (Fsp3) is 0.333. The zero-order valence-electron chi connectivity index (χ0n) is 12.6.